The number of hydrogen-bond donors (Lipinski definition) is 0. The van der Waals surface area contributed by atoms with Crippen molar-refractivity contribution < 1.29 is 0 Å². The molecule has 0 saturated carbocycles. The lowest BCUT2D eigenvalue weighted by molar-refractivity contribution is 0.645. The largest absolute Gasteiger partial charge is 0.121 e. The van der Waals surface area contributed by atoms with Crippen LogP contribution in [0.25, 0.3) is 0 Å². The molecule has 1 aromatic rings. The molecule has 0 atom stereocenters. The van der Waals surface area contributed by atoms with Crippen LogP contribution in [0.4, 0.5) is 0 Å². The first-order valence-corrected chi connectivity index (χ1v) is 6.77. The smallest absolute Gasteiger partial charge is 0.0640 e. The van der Waals surface area contributed by atoms with Crippen molar-refractivity contribution in [2.75, 3.05) is 0 Å². The van der Waals surface area contributed by atoms with Gasteiger partial charge in [-0.25, -0.2) is 0 Å². The van der Waals surface area contributed by atoms with Crippen LogP contribution in [0.15, 0.2) is 10.5 Å². The molecule has 0 aliphatic heterocycles. The van der Waals surface area contributed by atoms with Gasteiger partial charge in [-0.1, -0.05) is 53.0 Å². The van der Waals surface area contributed by atoms with Crippen molar-refractivity contribution in [2.45, 2.75) is 26.1 Å². The molecule has 0 amide bonds. The van der Waals surface area contributed by atoms with E-state index in [4.69, 9.17) is 34.8 Å². The summed E-state index contributed by atoms with van der Waals surface area (Å²) in [5, 5.41) is 1.20. The average Bonchev–Trinajstić information content (AvgIpc) is 2.18. The van der Waals surface area contributed by atoms with Crippen LogP contribution < -0.4 is 0 Å². The second kappa shape index (κ2) is 5.77. The fourth-order valence-electron chi connectivity index (χ4n) is 1.37. The van der Waals surface area contributed by atoms with E-state index in [9.17, 15) is 0 Å². The van der Waals surface area contributed by atoms with Crippen molar-refractivity contribution in [3.05, 3.63) is 31.7 Å². The van der Waals surface area contributed by atoms with Gasteiger partial charge in [0.15, 0.2) is 0 Å². The SMILES string of the molecule is CC(C)Cc1c(Br)cc(CCl)c(Cl)c1Cl. The second-order valence-corrected chi connectivity index (χ2v) is 5.73. The molecule has 0 nitrogen and oxygen atoms in total. The molecule has 0 saturated heterocycles. The molecule has 1 aromatic carbocycles. The van der Waals surface area contributed by atoms with E-state index in [0.717, 1.165) is 22.0 Å². The second-order valence-electron chi connectivity index (χ2n) is 3.86. The standard InChI is InChI=1S/C11H12BrCl3/c1-6(2)3-8-9(12)4-7(5-13)10(14)11(8)15/h4,6H,3,5H2,1-2H3. The van der Waals surface area contributed by atoms with E-state index in [2.05, 4.69) is 29.8 Å². The Balaban J connectivity index is 3.23. The predicted octanol–water partition coefficient (Wildman–Crippen LogP) is 5.69. The minimum Gasteiger partial charge on any atom is -0.121 e. The molecule has 0 radical (unpaired) electrons. The molecular formula is C11H12BrCl3. The monoisotopic (exact) mass is 328 g/mol. The molecule has 1 rings (SSSR count). The minimum atomic E-state index is 0.374. The van der Waals surface area contributed by atoms with Crippen LogP contribution in [-0.4, -0.2) is 0 Å². The van der Waals surface area contributed by atoms with Gasteiger partial charge in [0.1, 0.15) is 0 Å². The van der Waals surface area contributed by atoms with E-state index >= 15 is 0 Å². The molecule has 0 aromatic heterocycles. The van der Waals surface area contributed by atoms with Crippen LogP contribution in [0.3, 0.4) is 0 Å². The van der Waals surface area contributed by atoms with Crippen molar-refractivity contribution in [3.63, 3.8) is 0 Å². The molecule has 4 heteroatoms. The summed E-state index contributed by atoms with van der Waals surface area (Å²) in [6.07, 6.45) is 0.904. The van der Waals surface area contributed by atoms with E-state index in [1.165, 1.54) is 0 Å². The molecule has 0 heterocycles. The van der Waals surface area contributed by atoms with E-state index in [0.29, 0.717) is 21.8 Å². The predicted molar refractivity (Wildman–Crippen MR) is 72.3 cm³/mol. The van der Waals surface area contributed by atoms with Gasteiger partial charge in [-0.05, 0) is 29.5 Å². The first-order chi connectivity index (χ1) is 6.97. The van der Waals surface area contributed by atoms with E-state index in [1.54, 1.807) is 0 Å². The summed E-state index contributed by atoms with van der Waals surface area (Å²) in [4.78, 5) is 0. The molecule has 0 N–H and O–H groups in total. The van der Waals surface area contributed by atoms with Gasteiger partial charge in [-0.15, -0.1) is 11.6 Å². The van der Waals surface area contributed by atoms with Crippen molar-refractivity contribution >= 4 is 50.7 Å². The maximum atomic E-state index is 6.21. The van der Waals surface area contributed by atoms with E-state index in [-0.39, 0.29) is 0 Å². The number of alkyl halides is 1. The van der Waals surface area contributed by atoms with Crippen LogP contribution >= 0.6 is 50.7 Å². The molecule has 84 valence electrons. The fraction of sp³-hybridized carbons (Fsp3) is 0.455. The summed E-state index contributed by atoms with van der Waals surface area (Å²) in [6.45, 7) is 4.29. The average molecular weight is 330 g/mol. The van der Waals surface area contributed by atoms with Gasteiger partial charge >= 0.3 is 0 Å². The van der Waals surface area contributed by atoms with Gasteiger partial charge in [0.05, 0.1) is 10.0 Å². The van der Waals surface area contributed by atoms with Gasteiger partial charge in [0.2, 0.25) is 0 Å². The zero-order valence-corrected chi connectivity index (χ0v) is 12.4. The maximum Gasteiger partial charge on any atom is 0.0640 e. The van der Waals surface area contributed by atoms with Gasteiger partial charge in [-0.3, -0.25) is 0 Å². The maximum absolute atomic E-state index is 6.21. The van der Waals surface area contributed by atoms with Crippen LogP contribution in [0.2, 0.25) is 10.0 Å². The Hall–Kier alpha value is 0.570. The lowest BCUT2D eigenvalue weighted by Crippen LogP contribution is -1.98. The quantitative estimate of drug-likeness (QED) is 0.493. The van der Waals surface area contributed by atoms with Crippen LogP contribution in [-0.2, 0) is 12.3 Å². The fourth-order valence-corrected chi connectivity index (χ4v) is 2.94. The van der Waals surface area contributed by atoms with Gasteiger partial charge in [-0.2, -0.15) is 0 Å². The number of hydrogen-bond acceptors (Lipinski definition) is 0. The molecule has 0 spiro atoms. The third-order valence-corrected chi connectivity index (χ3v) is 4.03. The number of halogens is 4. The van der Waals surface area contributed by atoms with Crippen molar-refractivity contribution in [3.8, 4) is 0 Å². The zero-order chi connectivity index (χ0) is 11.6. The Morgan fingerprint density at radius 1 is 1.27 bits per heavy atom. The van der Waals surface area contributed by atoms with Crippen LogP contribution in [0, 0.1) is 5.92 Å². The lowest BCUT2D eigenvalue weighted by atomic mass is 10.0. The summed E-state index contributed by atoms with van der Waals surface area (Å²) in [5.41, 5.74) is 1.92. The number of benzene rings is 1. The molecule has 0 unspecified atom stereocenters. The molecule has 0 aliphatic rings. The molecular weight excluding hydrogens is 318 g/mol. The number of rotatable bonds is 3. The topological polar surface area (TPSA) is 0 Å². The highest BCUT2D eigenvalue weighted by Crippen LogP contribution is 2.36. The highest BCUT2D eigenvalue weighted by molar-refractivity contribution is 9.10. The van der Waals surface area contributed by atoms with Crippen molar-refractivity contribution in [1.29, 1.82) is 0 Å². The molecule has 0 aliphatic carbocycles. The third-order valence-electron chi connectivity index (χ3n) is 2.09. The molecule has 0 fully saturated rings. The van der Waals surface area contributed by atoms with Gasteiger partial charge < -0.3 is 0 Å². The summed E-state index contributed by atoms with van der Waals surface area (Å²) in [5.74, 6) is 0.913. The normalized spacial score (nSPS) is 11.1. The van der Waals surface area contributed by atoms with Crippen LogP contribution in [0.5, 0.6) is 0 Å². The van der Waals surface area contributed by atoms with Crippen molar-refractivity contribution in [2.24, 2.45) is 5.92 Å². The zero-order valence-electron chi connectivity index (χ0n) is 8.58. The summed E-state index contributed by atoms with van der Waals surface area (Å²) in [6, 6.07) is 1.94. The summed E-state index contributed by atoms with van der Waals surface area (Å²) < 4.78 is 0.987. The summed E-state index contributed by atoms with van der Waals surface area (Å²) >= 11 is 21.6. The Labute approximate surface area is 114 Å². The Morgan fingerprint density at radius 2 is 1.87 bits per heavy atom. The Kier molecular flexibility index (Phi) is 5.24. The van der Waals surface area contributed by atoms with Crippen LogP contribution in [0.1, 0.15) is 25.0 Å². The van der Waals surface area contributed by atoms with E-state index in [1.807, 2.05) is 6.07 Å². The Morgan fingerprint density at radius 3 is 2.33 bits per heavy atom. The lowest BCUT2D eigenvalue weighted by Gasteiger charge is -2.13. The van der Waals surface area contributed by atoms with Crippen molar-refractivity contribution in [1.82, 2.24) is 0 Å². The molecule has 0 bridgehead atoms. The minimum absolute atomic E-state index is 0.374. The molecule has 15 heavy (non-hydrogen) atoms. The third kappa shape index (κ3) is 3.26. The van der Waals surface area contributed by atoms with Gasteiger partial charge in [0, 0.05) is 10.4 Å². The Bertz CT molecular complexity index is 361. The summed E-state index contributed by atoms with van der Waals surface area (Å²) in [7, 11) is 0. The van der Waals surface area contributed by atoms with E-state index < -0.39 is 0 Å². The highest BCUT2D eigenvalue weighted by Gasteiger charge is 2.14. The first kappa shape index (κ1) is 13.6. The van der Waals surface area contributed by atoms with Gasteiger partial charge in [0.25, 0.3) is 0 Å². The highest BCUT2D eigenvalue weighted by atomic mass is 79.9. The first-order valence-electron chi connectivity index (χ1n) is 4.68.